The van der Waals surface area contributed by atoms with Gasteiger partial charge in [0.25, 0.3) is 0 Å². The Morgan fingerprint density at radius 1 is 1.32 bits per heavy atom. The average Bonchev–Trinajstić information content (AvgIpc) is 2.62. The Kier molecular flexibility index (Phi) is 5.34. The highest BCUT2D eigenvalue weighted by Crippen LogP contribution is 2.25. The summed E-state index contributed by atoms with van der Waals surface area (Å²) in [6.45, 7) is 1.68. The van der Waals surface area contributed by atoms with Crippen LogP contribution in [0.25, 0.3) is 0 Å². The molecule has 2 aromatic rings. The van der Waals surface area contributed by atoms with E-state index in [4.69, 9.17) is 0 Å². The van der Waals surface area contributed by atoms with Gasteiger partial charge in [0.05, 0.1) is 5.56 Å². The molecule has 130 valence electrons. The van der Waals surface area contributed by atoms with Crippen molar-refractivity contribution in [2.45, 2.75) is 18.9 Å². The number of nitriles is 1. The second-order valence-corrected chi connectivity index (χ2v) is 7.14. The van der Waals surface area contributed by atoms with Gasteiger partial charge in [-0.2, -0.15) is 5.26 Å². The SMILES string of the molecule is CN(C)c1cc(NC2CCCN(c3ncc(Br)cc3C#N)C2)ncn1. The van der Waals surface area contributed by atoms with Crippen LogP contribution in [0.2, 0.25) is 0 Å². The Morgan fingerprint density at radius 3 is 2.92 bits per heavy atom. The van der Waals surface area contributed by atoms with Gasteiger partial charge in [0.1, 0.15) is 29.9 Å². The number of hydrogen-bond acceptors (Lipinski definition) is 7. The summed E-state index contributed by atoms with van der Waals surface area (Å²) in [6.07, 6.45) is 5.39. The molecule has 1 unspecified atom stereocenters. The lowest BCUT2D eigenvalue weighted by Crippen LogP contribution is -2.43. The Labute approximate surface area is 155 Å². The first-order valence-electron chi connectivity index (χ1n) is 8.13. The van der Waals surface area contributed by atoms with Gasteiger partial charge in [0.15, 0.2) is 0 Å². The molecule has 1 saturated heterocycles. The number of aromatic nitrogens is 3. The summed E-state index contributed by atoms with van der Waals surface area (Å²) in [5.74, 6) is 2.43. The summed E-state index contributed by atoms with van der Waals surface area (Å²) in [7, 11) is 3.91. The molecule has 0 amide bonds. The van der Waals surface area contributed by atoms with Gasteiger partial charge in [-0.15, -0.1) is 0 Å². The van der Waals surface area contributed by atoms with Crippen molar-refractivity contribution in [3.8, 4) is 6.07 Å². The van der Waals surface area contributed by atoms with Crippen LogP contribution in [0, 0.1) is 11.3 Å². The van der Waals surface area contributed by atoms with Crippen molar-refractivity contribution in [3.63, 3.8) is 0 Å². The number of nitrogens with zero attached hydrogens (tertiary/aromatic N) is 6. The molecule has 0 aromatic carbocycles. The Morgan fingerprint density at radius 2 is 2.16 bits per heavy atom. The fraction of sp³-hybridized carbons (Fsp3) is 0.412. The van der Waals surface area contributed by atoms with Crippen molar-refractivity contribution < 1.29 is 0 Å². The zero-order chi connectivity index (χ0) is 17.8. The number of nitrogens with one attached hydrogen (secondary N) is 1. The molecular formula is C17H20BrN7. The molecule has 1 fully saturated rings. The molecule has 3 rings (SSSR count). The van der Waals surface area contributed by atoms with Crippen LogP contribution in [0.1, 0.15) is 18.4 Å². The third-order valence-electron chi connectivity index (χ3n) is 4.14. The smallest absolute Gasteiger partial charge is 0.146 e. The predicted octanol–water partition coefficient (Wildman–Crippen LogP) is 2.65. The summed E-state index contributed by atoms with van der Waals surface area (Å²) in [5, 5.41) is 12.9. The molecular weight excluding hydrogens is 382 g/mol. The molecule has 25 heavy (non-hydrogen) atoms. The first-order chi connectivity index (χ1) is 12.1. The van der Waals surface area contributed by atoms with Crippen LogP contribution in [-0.2, 0) is 0 Å². The topological polar surface area (TPSA) is 81.0 Å². The summed E-state index contributed by atoms with van der Waals surface area (Å²) < 4.78 is 0.816. The van der Waals surface area contributed by atoms with E-state index in [-0.39, 0.29) is 6.04 Å². The molecule has 0 radical (unpaired) electrons. The first kappa shape index (κ1) is 17.4. The Bertz CT molecular complexity index is 787. The Balaban J connectivity index is 1.74. The highest BCUT2D eigenvalue weighted by molar-refractivity contribution is 9.10. The van der Waals surface area contributed by atoms with Crippen LogP contribution in [0.15, 0.2) is 29.1 Å². The van der Waals surface area contributed by atoms with Gasteiger partial charge in [-0.25, -0.2) is 15.0 Å². The van der Waals surface area contributed by atoms with Gasteiger partial charge in [0.2, 0.25) is 0 Å². The fourth-order valence-corrected chi connectivity index (χ4v) is 3.26. The van der Waals surface area contributed by atoms with Crippen LogP contribution >= 0.6 is 15.9 Å². The predicted molar refractivity (Wildman–Crippen MR) is 102 cm³/mol. The molecule has 1 aliphatic rings. The highest BCUT2D eigenvalue weighted by Gasteiger charge is 2.23. The largest absolute Gasteiger partial charge is 0.365 e. The van der Waals surface area contributed by atoms with E-state index in [1.165, 1.54) is 0 Å². The number of hydrogen-bond donors (Lipinski definition) is 1. The quantitative estimate of drug-likeness (QED) is 0.842. The van der Waals surface area contributed by atoms with Gasteiger partial charge in [-0.05, 0) is 34.8 Å². The van der Waals surface area contributed by atoms with E-state index < -0.39 is 0 Å². The fourth-order valence-electron chi connectivity index (χ4n) is 2.93. The molecule has 1 atom stereocenters. The van der Waals surface area contributed by atoms with E-state index in [0.29, 0.717) is 5.56 Å². The van der Waals surface area contributed by atoms with Crippen molar-refractivity contribution in [2.24, 2.45) is 0 Å². The van der Waals surface area contributed by atoms with E-state index in [9.17, 15) is 5.26 Å². The molecule has 1 aliphatic heterocycles. The molecule has 0 bridgehead atoms. The van der Waals surface area contributed by atoms with Crippen LogP contribution in [0.4, 0.5) is 17.5 Å². The van der Waals surface area contributed by atoms with Crippen LogP contribution < -0.4 is 15.1 Å². The van der Waals surface area contributed by atoms with E-state index in [2.05, 4.69) is 47.2 Å². The zero-order valence-electron chi connectivity index (χ0n) is 14.3. The van der Waals surface area contributed by atoms with Gasteiger partial charge in [-0.3, -0.25) is 0 Å². The maximum absolute atomic E-state index is 9.38. The lowest BCUT2D eigenvalue weighted by Gasteiger charge is -2.34. The van der Waals surface area contributed by atoms with E-state index in [0.717, 1.165) is 47.9 Å². The van der Waals surface area contributed by atoms with Crippen molar-refractivity contribution in [3.05, 3.63) is 34.7 Å². The highest BCUT2D eigenvalue weighted by atomic mass is 79.9. The third kappa shape index (κ3) is 4.17. The lowest BCUT2D eigenvalue weighted by atomic mass is 10.0. The number of halogens is 1. The van der Waals surface area contributed by atoms with Crippen LogP contribution in [0.3, 0.4) is 0 Å². The summed E-state index contributed by atoms with van der Waals surface area (Å²) in [6, 6.07) is 6.24. The van der Waals surface area contributed by atoms with Crippen LogP contribution in [-0.4, -0.2) is 48.2 Å². The minimum absolute atomic E-state index is 0.246. The first-order valence-corrected chi connectivity index (χ1v) is 8.92. The standard InChI is InChI=1S/C17H20BrN7/c1-24(2)16-7-15(21-11-22-16)23-14-4-3-5-25(10-14)17-12(8-19)6-13(18)9-20-17/h6-7,9,11,14H,3-5,10H2,1-2H3,(H,21,22,23). The maximum Gasteiger partial charge on any atom is 0.146 e. The summed E-state index contributed by atoms with van der Waals surface area (Å²) in [5.41, 5.74) is 0.590. The second kappa shape index (κ2) is 7.66. The summed E-state index contributed by atoms with van der Waals surface area (Å²) >= 11 is 3.37. The average molecular weight is 402 g/mol. The molecule has 7 nitrogen and oxygen atoms in total. The van der Waals surface area contributed by atoms with Gasteiger partial charge < -0.3 is 15.1 Å². The van der Waals surface area contributed by atoms with Crippen molar-refractivity contribution in [1.29, 1.82) is 5.26 Å². The third-order valence-corrected chi connectivity index (χ3v) is 4.57. The van der Waals surface area contributed by atoms with Gasteiger partial charge >= 0.3 is 0 Å². The normalized spacial score (nSPS) is 17.0. The van der Waals surface area contributed by atoms with Gasteiger partial charge in [0, 0.05) is 50.0 Å². The minimum atomic E-state index is 0.246. The van der Waals surface area contributed by atoms with Crippen molar-refractivity contribution >= 4 is 33.4 Å². The molecule has 0 spiro atoms. The van der Waals surface area contributed by atoms with Crippen molar-refractivity contribution in [2.75, 3.05) is 42.3 Å². The van der Waals surface area contributed by atoms with Crippen LogP contribution in [0.5, 0.6) is 0 Å². The molecule has 1 N–H and O–H groups in total. The minimum Gasteiger partial charge on any atom is -0.365 e. The zero-order valence-corrected chi connectivity index (χ0v) is 15.9. The molecule has 2 aromatic heterocycles. The summed E-state index contributed by atoms with van der Waals surface area (Å²) in [4.78, 5) is 17.1. The van der Waals surface area contributed by atoms with E-state index in [1.807, 2.05) is 31.1 Å². The molecule has 0 saturated carbocycles. The van der Waals surface area contributed by atoms with E-state index >= 15 is 0 Å². The maximum atomic E-state index is 9.38. The van der Waals surface area contributed by atoms with Crippen molar-refractivity contribution in [1.82, 2.24) is 15.0 Å². The molecule has 3 heterocycles. The molecule has 0 aliphatic carbocycles. The Hall–Kier alpha value is -2.40. The monoisotopic (exact) mass is 401 g/mol. The van der Waals surface area contributed by atoms with Gasteiger partial charge in [-0.1, -0.05) is 0 Å². The lowest BCUT2D eigenvalue weighted by molar-refractivity contribution is 0.525. The number of pyridine rings is 1. The number of anilines is 3. The number of rotatable bonds is 4. The molecule has 8 heteroatoms. The van der Waals surface area contributed by atoms with E-state index in [1.54, 1.807) is 12.5 Å². The second-order valence-electron chi connectivity index (χ2n) is 6.22. The number of piperidine rings is 1.